The van der Waals surface area contributed by atoms with E-state index in [4.69, 9.17) is 10.5 Å². The van der Waals surface area contributed by atoms with E-state index in [0.717, 1.165) is 21.6 Å². The second-order valence-electron chi connectivity index (χ2n) is 4.10. The lowest BCUT2D eigenvalue weighted by molar-refractivity contribution is 0.415. The van der Waals surface area contributed by atoms with Gasteiger partial charge in [-0.3, -0.25) is 0 Å². The van der Waals surface area contributed by atoms with Gasteiger partial charge in [-0.2, -0.15) is 0 Å². The molecular weight excluding hydrogens is 292 g/mol. The van der Waals surface area contributed by atoms with Crippen molar-refractivity contribution in [3.05, 3.63) is 46.4 Å². The molecular formula is C14H15BrN2O. The Hall–Kier alpha value is -1.68. The summed E-state index contributed by atoms with van der Waals surface area (Å²) in [7, 11) is 1.63. The van der Waals surface area contributed by atoms with Crippen molar-refractivity contribution in [2.24, 2.45) is 0 Å². The largest absolute Gasteiger partial charge is 0.497 e. The fraction of sp³-hybridized carbons (Fsp3) is 0.143. The summed E-state index contributed by atoms with van der Waals surface area (Å²) >= 11 is 3.52. The summed E-state index contributed by atoms with van der Waals surface area (Å²) in [6.07, 6.45) is 0. The van der Waals surface area contributed by atoms with Gasteiger partial charge in [-0.1, -0.05) is 6.07 Å². The zero-order valence-electron chi connectivity index (χ0n) is 10.3. The first-order valence-corrected chi connectivity index (χ1v) is 6.35. The van der Waals surface area contributed by atoms with Gasteiger partial charge in [0.15, 0.2) is 0 Å². The van der Waals surface area contributed by atoms with Crippen LogP contribution in [0.3, 0.4) is 0 Å². The maximum Gasteiger partial charge on any atom is 0.122 e. The quantitative estimate of drug-likeness (QED) is 0.840. The maximum absolute atomic E-state index is 5.82. The van der Waals surface area contributed by atoms with Crippen molar-refractivity contribution in [2.75, 3.05) is 18.2 Å². The number of benzene rings is 2. The predicted molar refractivity (Wildman–Crippen MR) is 79.6 cm³/mol. The number of rotatable bonds is 3. The number of halogens is 1. The molecule has 0 aliphatic rings. The second kappa shape index (κ2) is 5.31. The predicted octanol–water partition coefficient (Wildman–Crippen LogP) is 4.09. The molecule has 0 spiro atoms. The van der Waals surface area contributed by atoms with Gasteiger partial charge in [0.2, 0.25) is 0 Å². The zero-order valence-corrected chi connectivity index (χ0v) is 11.9. The van der Waals surface area contributed by atoms with Gasteiger partial charge in [0.05, 0.1) is 12.8 Å². The average molecular weight is 307 g/mol. The molecule has 2 aromatic carbocycles. The third-order valence-corrected chi connectivity index (χ3v) is 3.26. The van der Waals surface area contributed by atoms with Crippen LogP contribution in [0.2, 0.25) is 0 Å². The first-order chi connectivity index (χ1) is 8.58. The number of anilines is 3. The molecule has 0 bridgehead atoms. The van der Waals surface area contributed by atoms with Crippen molar-refractivity contribution >= 4 is 33.0 Å². The molecule has 0 fully saturated rings. The molecule has 0 aliphatic heterocycles. The topological polar surface area (TPSA) is 47.3 Å². The average Bonchev–Trinajstić information content (AvgIpc) is 2.33. The minimum absolute atomic E-state index is 0.667. The minimum atomic E-state index is 0.667. The van der Waals surface area contributed by atoms with Gasteiger partial charge < -0.3 is 15.8 Å². The molecule has 2 rings (SSSR count). The summed E-state index contributed by atoms with van der Waals surface area (Å²) in [5.74, 6) is 0.737. The highest BCUT2D eigenvalue weighted by atomic mass is 79.9. The third kappa shape index (κ3) is 2.96. The molecule has 4 heteroatoms. The van der Waals surface area contributed by atoms with E-state index < -0.39 is 0 Å². The Morgan fingerprint density at radius 3 is 2.67 bits per heavy atom. The molecule has 0 heterocycles. The number of methoxy groups -OCH3 is 1. The first-order valence-electron chi connectivity index (χ1n) is 5.56. The molecule has 0 aromatic heterocycles. The Kier molecular flexibility index (Phi) is 3.77. The van der Waals surface area contributed by atoms with Crippen LogP contribution in [-0.2, 0) is 0 Å². The Labute approximate surface area is 115 Å². The second-order valence-corrected chi connectivity index (χ2v) is 4.96. The van der Waals surface area contributed by atoms with Crippen LogP contribution in [0.4, 0.5) is 17.1 Å². The van der Waals surface area contributed by atoms with Crippen molar-refractivity contribution in [1.82, 2.24) is 0 Å². The Balaban J connectivity index is 2.33. The number of hydrogen-bond acceptors (Lipinski definition) is 3. The molecule has 18 heavy (non-hydrogen) atoms. The van der Waals surface area contributed by atoms with Gasteiger partial charge in [0.1, 0.15) is 5.75 Å². The van der Waals surface area contributed by atoms with Crippen LogP contribution >= 0.6 is 15.9 Å². The van der Waals surface area contributed by atoms with Crippen LogP contribution in [0.25, 0.3) is 0 Å². The third-order valence-electron chi connectivity index (χ3n) is 2.57. The van der Waals surface area contributed by atoms with Gasteiger partial charge >= 0.3 is 0 Å². The fourth-order valence-corrected chi connectivity index (χ4v) is 2.05. The summed E-state index contributed by atoms with van der Waals surface area (Å²) < 4.78 is 6.20. The molecule has 0 saturated carbocycles. The van der Waals surface area contributed by atoms with E-state index in [1.807, 2.05) is 18.2 Å². The van der Waals surface area contributed by atoms with Crippen LogP contribution in [0.15, 0.2) is 40.9 Å². The van der Waals surface area contributed by atoms with Crippen LogP contribution in [0, 0.1) is 6.92 Å². The van der Waals surface area contributed by atoms with Crippen LogP contribution in [-0.4, -0.2) is 7.11 Å². The zero-order chi connectivity index (χ0) is 13.1. The van der Waals surface area contributed by atoms with E-state index in [2.05, 4.69) is 40.3 Å². The summed E-state index contributed by atoms with van der Waals surface area (Å²) in [5.41, 5.74) is 9.59. The van der Waals surface area contributed by atoms with Crippen LogP contribution in [0.5, 0.6) is 5.75 Å². The van der Waals surface area contributed by atoms with E-state index in [0.29, 0.717) is 5.69 Å². The molecule has 0 atom stereocenters. The van der Waals surface area contributed by atoms with Gasteiger partial charge in [-0.05, 0) is 46.6 Å². The molecule has 0 saturated heterocycles. The summed E-state index contributed by atoms with van der Waals surface area (Å²) in [5, 5.41) is 3.32. The number of nitrogens with two attached hydrogens (primary N) is 1. The van der Waals surface area contributed by atoms with Crippen molar-refractivity contribution in [2.45, 2.75) is 6.92 Å². The van der Waals surface area contributed by atoms with E-state index >= 15 is 0 Å². The van der Waals surface area contributed by atoms with Gasteiger partial charge in [0.25, 0.3) is 0 Å². The van der Waals surface area contributed by atoms with Gasteiger partial charge in [0, 0.05) is 28.0 Å². The highest BCUT2D eigenvalue weighted by molar-refractivity contribution is 9.10. The molecule has 0 radical (unpaired) electrons. The maximum atomic E-state index is 5.82. The molecule has 3 N–H and O–H groups in total. The lowest BCUT2D eigenvalue weighted by Gasteiger charge is -2.11. The molecule has 94 valence electrons. The molecule has 0 unspecified atom stereocenters. The number of aryl methyl sites for hydroxylation is 1. The lowest BCUT2D eigenvalue weighted by Crippen LogP contribution is -1.95. The molecule has 0 amide bonds. The number of nitrogen functional groups attached to an aromatic ring is 1. The number of hydrogen-bond donors (Lipinski definition) is 2. The van der Waals surface area contributed by atoms with Gasteiger partial charge in [-0.25, -0.2) is 0 Å². The van der Waals surface area contributed by atoms with Crippen molar-refractivity contribution in [1.29, 1.82) is 0 Å². The van der Waals surface area contributed by atoms with Crippen LogP contribution < -0.4 is 15.8 Å². The van der Waals surface area contributed by atoms with E-state index in [1.165, 1.54) is 5.56 Å². The van der Waals surface area contributed by atoms with E-state index in [-0.39, 0.29) is 0 Å². The van der Waals surface area contributed by atoms with Crippen molar-refractivity contribution < 1.29 is 4.74 Å². The normalized spacial score (nSPS) is 10.2. The summed E-state index contributed by atoms with van der Waals surface area (Å²) in [4.78, 5) is 0. The number of ether oxygens (including phenoxy) is 1. The van der Waals surface area contributed by atoms with E-state index in [1.54, 1.807) is 13.2 Å². The first kappa shape index (κ1) is 12.8. The van der Waals surface area contributed by atoms with Gasteiger partial charge in [-0.15, -0.1) is 0 Å². The monoisotopic (exact) mass is 306 g/mol. The smallest absolute Gasteiger partial charge is 0.122 e. The standard InChI is InChI=1S/C14H15BrN2O/c1-9-3-4-13(15)14(5-9)17-11-6-10(16)7-12(8-11)18-2/h3-8,17H,16H2,1-2H3. The fourth-order valence-electron chi connectivity index (χ4n) is 1.70. The van der Waals surface area contributed by atoms with Crippen LogP contribution in [0.1, 0.15) is 5.56 Å². The Morgan fingerprint density at radius 2 is 1.94 bits per heavy atom. The number of nitrogens with one attached hydrogen (secondary N) is 1. The Bertz CT molecular complexity index is 570. The SMILES string of the molecule is COc1cc(N)cc(Nc2cc(C)ccc2Br)c1. The van der Waals surface area contributed by atoms with Crippen molar-refractivity contribution in [3.63, 3.8) is 0 Å². The molecule has 3 nitrogen and oxygen atoms in total. The Morgan fingerprint density at radius 1 is 1.17 bits per heavy atom. The highest BCUT2D eigenvalue weighted by Gasteiger charge is 2.03. The molecule has 2 aromatic rings. The molecule has 0 aliphatic carbocycles. The summed E-state index contributed by atoms with van der Waals surface area (Å²) in [6.45, 7) is 2.05. The minimum Gasteiger partial charge on any atom is -0.497 e. The summed E-state index contributed by atoms with van der Waals surface area (Å²) in [6, 6.07) is 11.7. The highest BCUT2D eigenvalue weighted by Crippen LogP contribution is 2.29. The van der Waals surface area contributed by atoms with Crippen molar-refractivity contribution in [3.8, 4) is 5.75 Å². The van der Waals surface area contributed by atoms with E-state index in [9.17, 15) is 0 Å². The lowest BCUT2D eigenvalue weighted by atomic mass is 10.2.